The number of nitrogens with zero attached hydrogens (tertiary/aromatic N) is 2. The number of nitrogens with two attached hydrogens (primary N) is 1. The Labute approximate surface area is 72.6 Å². The van der Waals surface area contributed by atoms with Crippen LogP contribution in [0.2, 0.25) is 0 Å². The van der Waals surface area contributed by atoms with E-state index in [9.17, 15) is 0 Å². The van der Waals surface area contributed by atoms with Crippen LogP contribution in [0.15, 0.2) is 12.3 Å². The lowest BCUT2D eigenvalue weighted by molar-refractivity contribution is 0.481. The van der Waals surface area contributed by atoms with Gasteiger partial charge in [0.25, 0.3) is 0 Å². The van der Waals surface area contributed by atoms with Gasteiger partial charge in [0, 0.05) is 24.4 Å². The zero-order valence-electron chi connectivity index (χ0n) is 7.40. The molecule has 1 atom stereocenters. The van der Waals surface area contributed by atoms with Crippen molar-refractivity contribution in [2.45, 2.75) is 31.7 Å². The molecule has 0 saturated heterocycles. The van der Waals surface area contributed by atoms with E-state index >= 15 is 0 Å². The average molecular weight is 165 g/mol. The summed E-state index contributed by atoms with van der Waals surface area (Å²) in [5.74, 6) is 0.765. The Kier molecular flexibility index (Phi) is 1.89. The summed E-state index contributed by atoms with van der Waals surface area (Å²) >= 11 is 0. The lowest BCUT2D eigenvalue weighted by Crippen LogP contribution is -2.18. The molecule has 1 heterocycles. The van der Waals surface area contributed by atoms with Gasteiger partial charge in [-0.2, -0.15) is 5.10 Å². The predicted octanol–water partition coefficient (Wildman–Crippen LogP) is 1.28. The van der Waals surface area contributed by atoms with Crippen LogP contribution < -0.4 is 5.73 Å². The van der Waals surface area contributed by atoms with Crippen molar-refractivity contribution in [3.63, 3.8) is 0 Å². The van der Waals surface area contributed by atoms with Gasteiger partial charge in [-0.3, -0.25) is 4.68 Å². The van der Waals surface area contributed by atoms with E-state index in [1.54, 1.807) is 0 Å². The minimum Gasteiger partial charge on any atom is -0.328 e. The molecule has 1 aliphatic rings. The second-order valence-electron chi connectivity index (χ2n) is 3.56. The molecule has 0 bridgehead atoms. The van der Waals surface area contributed by atoms with E-state index in [1.807, 2.05) is 6.20 Å². The lowest BCUT2D eigenvalue weighted by atomic mass is 10.2. The fourth-order valence-corrected chi connectivity index (χ4v) is 1.49. The number of rotatable bonds is 3. The van der Waals surface area contributed by atoms with E-state index in [4.69, 9.17) is 5.73 Å². The van der Waals surface area contributed by atoms with Crippen molar-refractivity contribution < 1.29 is 0 Å². The molecule has 0 aliphatic heterocycles. The molecular formula is C9H15N3. The van der Waals surface area contributed by atoms with Crippen LogP contribution in [0.3, 0.4) is 0 Å². The molecule has 1 fully saturated rings. The summed E-state index contributed by atoms with van der Waals surface area (Å²) in [6.45, 7) is 2.78. The predicted molar refractivity (Wildman–Crippen MR) is 48.0 cm³/mol. The Morgan fingerprint density at radius 3 is 3.08 bits per heavy atom. The normalized spacial score (nSPS) is 19.5. The van der Waals surface area contributed by atoms with Gasteiger partial charge in [0.15, 0.2) is 0 Å². The highest BCUT2D eigenvalue weighted by Gasteiger charge is 2.27. The van der Waals surface area contributed by atoms with Crippen molar-refractivity contribution in [2.24, 2.45) is 5.73 Å². The fourth-order valence-electron chi connectivity index (χ4n) is 1.49. The lowest BCUT2D eigenvalue weighted by Gasteiger charge is -2.12. The van der Waals surface area contributed by atoms with Crippen LogP contribution in [0.25, 0.3) is 0 Å². The van der Waals surface area contributed by atoms with E-state index < -0.39 is 0 Å². The Hall–Kier alpha value is -0.830. The van der Waals surface area contributed by atoms with Gasteiger partial charge in [0.05, 0.1) is 6.04 Å². The summed E-state index contributed by atoms with van der Waals surface area (Å²) in [7, 11) is 0. The van der Waals surface area contributed by atoms with Crippen LogP contribution >= 0.6 is 0 Å². The zero-order valence-corrected chi connectivity index (χ0v) is 7.40. The highest BCUT2D eigenvalue weighted by atomic mass is 15.3. The average Bonchev–Trinajstić information content (AvgIpc) is 2.83. The van der Waals surface area contributed by atoms with Crippen LogP contribution in [-0.4, -0.2) is 16.3 Å². The summed E-state index contributed by atoms with van der Waals surface area (Å²) in [5.41, 5.74) is 6.96. The number of hydrogen-bond acceptors (Lipinski definition) is 2. The molecule has 0 amide bonds. The molecule has 3 nitrogen and oxygen atoms in total. The SMILES string of the molecule is CC(CN)n1nccc1C1CC1. The van der Waals surface area contributed by atoms with Crippen molar-refractivity contribution in [2.75, 3.05) is 6.54 Å². The highest BCUT2D eigenvalue weighted by molar-refractivity contribution is 5.14. The van der Waals surface area contributed by atoms with E-state index in [-0.39, 0.29) is 0 Å². The molecule has 1 aliphatic carbocycles. The van der Waals surface area contributed by atoms with Gasteiger partial charge in [-0.05, 0) is 25.8 Å². The third-order valence-corrected chi connectivity index (χ3v) is 2.46. The molecule has 0 spiro atoms. The second kappa shape index (κ2) is 2.90. The van der Waals surface area contributed by atoms with Crippen LogP contribution in [0.1, 0.15) is 37.4 Å². The molecule has 12 heavy (non-hydrogen) atoms. The molecule has 0 radical (unpaired) electrons. The van der Waals surface area contributed by atoms with Crippen molar-refractivity contribution in [1.82, 2.24) is 9.78 Å². The molecule has 3 heteroatoms. The first-order valence-corrected chi connectivity index (χ1v) is 4.56. The largest absolute Gasteiger partial charge is 0.328 e. The third kappa shape index (κ3) is 1.25. The zero-order chi connectivity index (χ0) is 8.55. The molecule has 2 N–H and O–H groups in total. The van der Waals surface area contributed by atoms with Gasteiger partial charge in [0.2, 0.25) is 0 Å². The van der Waals surface area contributed by atoms with E-state index in [0.717, 1.165) is 5.92 Å². The van der Waals surface area contributed by atoms with Crippen LogP contribution in [-0.2, 0) is 0 Å². The summed E-state index contributed by atoms with van der Waals surface area (Å²) in [5, 5.41) is 4.28. The third-order valence-electron chi connectivity index (χ3n) is 2.46. The van der Waals surface area contributed by atoms with Gasteiger partial charge < -0.3 is 5.73 Å². The van der Waals surface area contributed by atoms with Crippen molar-refractivity contribution in [3.05, 3.63) is 18.0 Å². The molecule has 1 aromatic heterocycles. The van der Waals surface area contributed by atoms with Crippen LogP contribution in [0.5, 0.6) is 0 Å². The van der Waals surface area contributed by atoms with Gasteiger partial charge in [-0.15, -0.1) is 0 Å². The van der Waals surface area contributed by atoms with Gasteiger partial charge in [-0.1, -0.05) is 0 Å². The first-order valence-electron chi connectivity index (χ1n) is 4.56. The van der Waals surface area contributed by atoms with E-state index in [0.29, 0.717) is 12.6 Å². The first-order chi connectivity index (χ1) is 5.83. The molecule has 1 saturated carbocycles. The van der Waals surface area contributed by atoms with Crippen LogP contribution in [0, 0.1) is 0 Å². The molecule has 0 aromatic carbocycles. The standard InChI is InChI=1S/C9H15N3/c1-7(6-10)12-9(4-5-11-12)8-2-3-8/h4-5,7-8H,2-3,6,10H2,1H3. The maximum absolute atomic E-state index is 5.59. The van der Waals surface area contributed by atoms with Crippen molar-refractivity contribution >= 4 is 0 Å². The van der Waals surface area contributed by atoms with Gasteiger partial charge >= 0.3 is 0 Å². The number of aromatic nitrogens is 2. The Morgan fingerprint density at radius 2 is 2.50 bits per heavy atom. The summed E-state index contributed by atoms with van der Waals surface area (Å²) < 4.78 is 2.07. The summed E-state index contributed by atoms with van der Waals surface area (Å²) in [6, 6.07) is 2.46. The smallest absolute Gasteiger partial charge is 0.0616 e. The quantitative estimate of drug-likeness (QED) is 0.733. The maximum Gasteiger partial charge on any atom is 0.0616 e. The highest BCUT2D eigenvalue weighted by Crippen LogP contribution is 2.40. The fraction of sp³-hybridized carbons (Fsp3) is 0.667. The Morgan fingerprint density at radius 1 is 1.75 bits per heavy atom. The molecule has 66 valence electrons. The first kappa shape index (κ1) is 7.80. The Bertz CT molecular complexity index is 262. The van der Waals surface area contributed by atoms with Crippen molar-refractivity contribution in [1.29, 1.82) is 0 Å². The number of hydrogen-bond donors (Lipinski definition) is 1. The minimum atomic E-state index is 0.343. The van der Waals surface area contributed by atoms with E-state index in [2.05, 4.69) is 22.8 Å². The van der Waals surface area contributed by atoms with Gasteiger partial charge in [0.1, 0.15) is 0 Å². The molecule has 2 rings (SSSR count). The topological polar surface area (TPSA) is 43.8 Å². The minimum absolute atomic E-state index is 0.343. The molecular weight excluding hydrogens is 150 g/mol. The summed E-state index contributed by atoms with van der Waals surface area (Å²) in [6.07, 6.45) is 4.52. The molecule has 1 aromatic rings. The van der Waals surface area contributed by atoms with Crippen LogP contribution in [0.4, 0.5) is 0 Å². The van der Waals surface area contributed by atoms with E-state index in [1.165, 1.54) is 18.5 Å². The molecule has 1 unspecified atom stereocenters. The summed E-state index contributed by atoms with van der Waals surface area (Å²) in [4.78, 5) is 0. The monoisotopic (exact) mass is 165 g/mol. The second-order valence-corrected chi connectivity index (χ2v) is 3.56. The maximum atomic E-state index is 5.59. The Balaban J connectivity index is 2.23. The van der Waals surface area contributed by atoms with Crippen molar-refractivity contribution in [3.8, 4) is 0 Å². The van der Waals surface area contributed by atoms with Gasteiger partial charge in [-0.25, -0.2) is 0 Å².